The molecule has 0 aromatic carbocycles. The van der Waals surface area contributed by atoms with E-state index in [-0.39, 0.29) is 0 Å². The zero-order valence-electron chi connectivity index (χ0n) is 14.8. The maximum atomic E-state index is 3.50. The molecule has 8 bridgehead atoms. The van der Waals surface area contributed by atoms with Crippen LogP contribution in [0.15, 0.2) is 0 Å². The molecule has 3 heteroatoms. The van der Waals surface area contributed by atoms with Gasteiger partial charge < -0.3 is 0 Å². The third kappa shape index (κ3) is 2.14. The van der Waals surface area contributed by atoms with Crippen LogP contribution in [0, 0.1) is 35.5 Å². The van der Waals surface area contributed by atoms with Crippen LogP contribution < -0.4 is 0 Å². The molecular weight excluding hydrogens is 424 g/mol. The number of hydrogen-bond donors (Lipinski definition) is 0. The van der Waals surface area contributed by atoms with Crippen LogP contribution in [0.2, 0.25) is 0 Å². The Morgan fingerprint density at radius 3 is 1.08 bits per heavy atom. The van der Waals surface area contributed by atoms with Gasteiger partial charge in [0.05, 0.1) is 0 Å². The average molecular weight is 455 g/mol. The summed E-state index contributed by atoms with van der Waals surface area (Å²) >= 11 is 6.45. The van der Waals surface area contributed by atoms with E-state index in [0.29, 0.717) is 11.1 Å². The summed E-state index contributed by atoms with van der Waals surface area (Å²) in [5.74, 6) is 6.33. The molecule has 0 aromatic rings. The van der Waals surface area contributed by atoms with E-state index in [4.69, 9.17) is 0 Å². The second-order valence-electron chi connectivity index (χ2n) is 10.9. The van der Waals surface area contributed by atoms with E-state index < -0.39 is 0 Å². The van der Waals surface area contributed by atoms with Gasteiger partial charge in [-0.3, -0.25) is 0 Å². The van der Waals surface area contributed by atoms with Crippen LogP contribution in [0.1, 0.15) is 77.0 Å². The molecule has 0 unspecified atom stereocenters. The Balaban J connectivity index is 1.42. The quantitative estimate of drug-likeness (QED) is 0.590. The fourth-order valence-corrected chi connectivity index (χ4v) is 11.3. The van der Waals surface area contributed by atoms with Gasteiger partial charge in [0.2, 0.25) is 0 Å². The molecule has 0 radical (unpaired) electrons. The van der Waals surface area contributed by atoms with Gasteiger partial charge in [-0.1, -0.05) is 0 Å². The van der Waals surface area contributed by atoms with E-state index in [9.17, 15) is 0 Å². The van der Waals surface area contributed by atoms with Crippen molar-refractivity contribution in [2.24, 2.45) is 35.5 Å². The molecule has 0 heterocycles. The summed E-state index contributed by atoms with van der Waals surface area (Å²) in [6, 6.07) is 0. The molecule has 0 N–H and O–H groups in total. The monoisotopic (exact) mass is 457 g/mol. The topological polar surface area (TPSA) is 3.24 Å². The van der Waals surface area contributed by atoms with Gasteiger partial charge in [-0.25, -0.2) is 0 Å². The Bertz CT molecular complexity index is 468. The van der Waals surface area contributed by atoms with E-state index in [1.807, 2.05) is 0 Å². The summed E-state index contributed by atoms with van der Waals surface area (Å²) in [7, 11) is 0. The average Bonchev–Trinajstić information content (AvgIpc) is 2.42. The Labute approximate surface area is 163 Å². The van der Waals surface area contributed by atoms with Crippen LogP contribution >= 0.6 is 0 Å². The Morgan fingerprint density at radius 1 is 0.625 bits per heavy atom. The molecule has 0 aromatic heterocycles. The van der Waals surface area contributed by atoms with Gasteiger partial charge in [0, 0.05) is 0 Å². The summed E-state index contributed by atoms with van der Waals surface area (Å²) in [6.07, 6.45) is 18.5. The van der Waals surface area contributed by atoms with Gasteiger partial charge in [-0.2, -0.15) is 0 Å². The predicted octanol–water partition coefficient (Wildman–Crippen LogP) is 3.38. The number of rotatable bonds is 3. The van der Waals surface area contributed by atoms with Crippen LogP contribution in [-0.2, 0) is 0 Å². The second kappa shape index (κ2) is 5.15. The van der Waals surface area contributed by atoms with Crippen molar-refractivity contribution in [3.8, 4) is 0 Å². The molecular formula is C21H31NSe2. The van der Waals surface area contributed by atoms with Gasteiger partial charge in [-0.15, -0.1) is 0 Å². The maximum absolute atomic E-state index is 3.50. The normalized spacial score (nSPS) is 56.7. The Hall–Kier alpha value is 0.709. The number of nitrogens with zero attached hydrogens (tertiary/aromatic N) is 1. The molecule has 8 rings (SSSR count). The Kier molecular flexibility index (Phi) is 3.38. The minimum atomic E-state index is 0.536. The fourth-order valence-electron chi connectivity index (χ4n) is 9.59. The summed E-state index contributed by atoms with van der Waals surface area (Å²) in [5, 5.41) is 0. The first-order chi connectivity index (χ1) is 11.5. The van der Waals surface area contributed by atoms with Crippen molar-refractivity contribution in [1.29, 1.82) is 0 Å². The van der Waals surface area contributed by atoms with Crippen molar-refractivity contribution < 1.29 is 0 Å². The third-order valence-corrected chi connectivity index (χ3v) is 9.95. The first kappa shape index (κ1) is 15.7. The van der Waals surface area contributed by atoms with Crippen LogP contribution in [0.3, 0.4) is 0 Å². The Morgan fingerprint density at radius 2 is 0.875 bits per heavy atom. The number of hydrogen-bond acceptors (Lipinski definition) is 1. The van der Waals surface area contributed by atoms with E-state index in [0.717, 1.165) is 35.5 Å². The molecule has 0 amide bonds. The van der Waals surface area contributed by atoms with Crippen molar-refractivity contribution in [3.05, 3.63) is 0 Å². The van der Waals surface area contributed by atoms with Gasteiger partial charge in [0.15, 0.2) is 0 Å². The van der Waals surface area contributed by atoms with Crippen molar-refractivity contribution in [2.45, 2.75) is 88.1 Å². The molecule has 0 atom stereocenters. The molecule has 132 valence electrons. The first-order valence-electron chi connectivity index (χ1n) is 10.6. The molecule has 24 heavy (non-hydrogen) atoms. The summed E-state index contributed by atoms with van der Waals surface area (Å²) in [5.41, 5.74) is 1.07. The zero-order chi connectivity index (χ0) is 16.1. The predicted molar refractivity (Wildman–Crippen MR) is 102 cm³/mol. The molecule has 8 aliphatic rings. The van der Waals surface area contributed by atoms with Gasteiger partial charge >= 0.3 is 164 Å². The summed E-state index contributed by atoms with van der Waals surface area (Å²) < 4.78 is 1.49. The SMILES string of the molecule is [Se]=C([SeH])N(C12CC3CC(CC(C3)C1)C2)C12CC3CC(CC(C3)C1)C2. The molecule has 0 spiro atoms. The molecule has 0 aliphatic heterocycles. The fraction of sp³-hybridized carbons (Fsp3) is 0.952. The van der Waals surface area contributed by atoms with Crippen LogP contribution in [0.5, 0.6) is 0 Å². The molecule has 1 nitrogen and oxygen atoms in total. The van der Waals surface area contributed by atoms with E-state index >= 15 is 0 Å². The molecule has 8 fully saturated rings. The van der Waals surface area contributed by atoms with E-state index in [1.165, 1.54) is 42.0 Å². The summed E-state index contributed by atoms with van der Waals surface area (Å²) in [6.45, 7) is 0. The second-order valence-corrected chi connectivity index (χ2v) is 14.1. The van der Waals surface area contributed by atoms with E-state index in [1.54, 1.807) is 38.5 Å². The first-order valence-corrected chi connectivity index (χ1v) is 12.4. The van der Waals surface area contributed by atoms with Crippen LogP contribution in [0.25, 0.3) is 0 Å². The minimum absolute atomic E-state index is 0.536. The van der Waals surface area contributed by atoms with Crippen LogP contribution in [0.4, 0.5) is 0 Å². The van der Waals surface area contributed by atoms with Gasteiger partial charge in [-0.05, 0) is 0 Å². The molecule has 8 aliphatic carbocycles. The summed E-state index contributed by atoms with van der Waals surface area (Å²) in [4.78, 5) is 3.08. The molecule has 8 saturated carbocycles. The van der Waals surface area contributed by atoms with Gasteiger partial charge in [0.1, 0.15) is 0 Å². The standard InChI is InChI=1S/C21H31NSe2/c23-19(24)22(20-7-13-1-14(8-20)3-15(2-13)9-20)21-10-16-4-17(11-21)6-18(5-16)12-21/h13-18H,1-12H2,(H,23,24). The third-order valence-electron chi connectivity index (χ3n) is 9.15. The van der Waals surface area contributed by atoms with Gasteiger partial charge in [0.25, 0.3) is 0 Å². The van der Waals surface area contributed by atoms with Crippen molar-refractivity contribution in [1.82, 2.24) is 4.90 Å². The molecule has 0 saturated heterocycles. The zero-order valence-corrected chi connectivity index (χ0v) is 18.3. The van der Waals surface area contributed by atoms with Crippen molar-refractivity contribution in [3.63, 3.8) is 0 Å². The van der Waals surface area contributed by atoms with Crippen molar-refractivity contribution in [2.75, 3.05) is 0 Å². The van der Waals surface area contributed by atoms with Crippen molar-refractivity contribution >= 4 is 35.0 Å². The van der Waals surface area contributed by atoms with Crippen LogP contribution in [-0.4, -0.2) is 51.0 Å². The van der Waals surface area contributed by atoms with E-state index in [2.05, 4.69) is 36.5 Å².